The fourth-order valence-electron chi connectivity index (χ4n) is 2.07. The normalized spacial score (nSPS) is 37.3. The summed E-state index contributed by atoms with van der Waals surface area (Å²) in [7, 11) is 3.25. The molecule has 1 N–H and O–H groups in total. The van der Waals surface area contributed by atoms with E-state index in [2.05, 4.69) is 0 Å². The summed E-state index contributed by atoms with van der Waals surface area (Å²) in [5, 5.41) is 9.75. The fraction of sp³-hybridized carbons (Fsp3) is 0.750. The molecular formula is C12H19NO5. The number of amides is 1. The molecule has 1 saturated heterocycles. The highest BCUT2D eigenvalue weighted by atomic mass is 16.7. The third-order valence-electron chi connectivity index (χ3n) is 3.08. The van der Waals surface area contributed by atoms with Gasteiger partial charge in [-0.1, -0.05) is 6.08 Å². The van der Waals surface area contributed by atoms with Crippen LogP contribution in [0.25, 0.3) is 0 Å². The summed E-state index contributed by atoms with van der Waals surface area (Å²) in [5.41, 5.74) is 0. The minimum absolute atomic E-state index is 0.134. The lowest BCUT2D eigenvalue weighted by molar-refractivity contribution is 0.0254. The molecule has 1 aliphatic carbocycles. The number of ether oxygens (including phenoxy) is 3. The van der Waals surface area contributed by atoms with Crippen LogP contribution in [0.5, 0.6) is 0 Å². The summed E-state index contributed by atoms with van der Waals surface area (Å²) >= 11 is 0. The molecule has 4 atom stereocenters. The van der Waals surface area contributed by atoms with Crippen molar-refractivity contribution in [3.05, 3.63) is 12.2 Å². The Morgan fingerprint density at radius 3 is 2.61 bits per heavy atom. The highest BCUT2D eigenvalue weighted by Crippen LogP contribution is 2.25. The summed E-state index contributed by atoms with van der Waals surface area (Å²) in [6.07, 6.45) is 2.74. The van der Waals surface area contributed by atoms with E-state index in [0.29, 0.717) is 12.8 Å². The van der Waals surface area contributed by atoms with Crippen LogP contribution in [-0.2, 0) is 14.2 Å². The lowest BCUT2D eigenvalue weighted by Crippen LogP contribution is -2.35. The fourth-order valence-corrected chi connectivity index (χ4v) is 2.07. The van der Waals surface area contributed by atoms with E-state index in [1.807, 2.05) is 0 Å². The topological polar surface area (TPSA) is 68.2 Å². The van der Waals surface area contributed by atoms with Crippen LogP contribution in [0.4, 0.5) is 4.79 Å². The Kier molecular flexibility index (Phi) is 4.21. The number of nitrogens with zero attached hydrogens (tertiary/aromatic N) is 1. The molecule has 2 aliphatic rings. The maximum atomic E-state index is 11.5. The first kappa shape index (κ1) is 13.3. The monoisotopic (exact) mass is 257 g/mol. The Bertz CT molecular complexity index is 330. The van der Waals surface area contributed by atoms with Crippen molar-refractivity contribution in [3.63, 3.8) is 0 Å². The molecule has 6 nitrogen and oxygen atoms in total. The van der Waals surface area contributed by atoms with E-state index in [1.165, 1.54) is 4.90 Å². The van der Waals surface area contributed by atoms with Gasteiger partial charge in [0.25, 0.3) is 0 Å². The van der Waals surface area contributed by atoms with E-state index in [-0.39, 0.29) is 19.0 Å². The molecule has 6 heteroatoms. The molecule has 0 radical (unpaired) electrons. The smallest absolute Gasteiger partial charge is 0.409 e. The van der Waals surface area contributed by atoms with Crippen molar-refractivity contribution in [1.29, 1.82) is 0 Å². The van der Waals surface area contributed by atoms with E-state index in [0.717, 1.165) is 0 Å². The van der Waals surface area contributed by atoms with Crippen molar-refractivity contribution in [2.75, 3.05) is 20.9 Å². The highest BCUT2D eigenvalue weighted by molar-refractivity contribution is 5.67. The van der Waals surface area contributed by atoms with Gasteiger partial charge in [-0.25, -0.2) is 4.79 Å². The van der Waals surface area contributed by atoms with Crippen LogP contribution < -0.4 is 0 Å². The average molecular weight is 257 g/mol. The Morgan fingerprint density at radius 2 is 1.94 bits per heavy atom. The molecule has 0 bridgehead atoms. The predicted octanol–water partition coefficient (Wildman–Crippen LogP) is 0.506. The third-order valence-corrected chi connectivity index (χ3v) is 3.08. The van der Waals surface area contributed by atoms with Gasteiger partial charge >= 0.3 is 6.09 Å². The Balaban J connectivity index is 2.02. The largest absolute Gasteiger partial charge is 0.442 e. The summed E-state index contributed by atoms with van der Waals surface area (Å²) in [5.74, 6) is 0. The maximum Gasteiger partial charge on any atom is 0.409 e. The van der Waals surface area contributed by atoms with Gasteiger partial charge in [0.05, 0.1) is 18.3 Å². The van der Waals surface area contributed by atoms with Gasteiger partial charge in [-0.3, -0.25) is 0 Å². The lowest BCUT2D eigenvalue weighted by atomic mass is 9.97. The molecular weight excluding hydrogens is 238 g/mol. The third kappa shape index (κ3) is 3.22. The number of carbonyl (C=O) groups is 1. The first-order chi connectivity index (χ1) is 8.56. The standard InChI is InChI=1S/C12H19NO5/c1-13(2)12(15)18-9-4-3-8(14)5-10-11(6-9)17-7-16-10/h3-4,8-11,14H,5-7H2,1-2H3/b4-3+. The number of carbonyl (C=O) groups excluding carboxylic acids is 1. The van der Waals surface area contributed by atoms with Crippen molar-refractivity contribution < 1.29 is 24.1 Å². The summed E-state index contributed by atoms with van der Waals surface area (Å²) in [6, 6.07) is 0. The summed E-state index contributed by atoms with van der Waals surface area (Å²) in [4.78, 5) is 12.9. The second-order valence-corrected chi connectivity index (χ2v) is 4.77. The molecule has 102 valence electrons. The molecule has 0 aromatic heterocycles. The summed E-state index contributed by atoms with van der Waals surface area (Å²) < 4.78 is 16.1. The van der Waals surface area contributed by atoms with Gasteiger partial charge in [-0.2, -0.15) is 0 Å². The molecule has 0 aromatic rings. The van der Waals surface area contributed by atoms with E-state index in [9.17, 15) is 9.90 Å². The van der Waals surface area contributed by atoms with Crippen molar-refractivity contribution in [2.24, 2.45) is 0 Å². The maximum absolute atomic E-state index is 11.5. The van der Waals surface area contributed by atoms with Gasteiger partial charge in [0, 0.05) is 26.9 Å². The van der Waals surface area contributed by atoms with Crippen LogP contribution in [0.15, 0.2) is 12.2 Å². The van der Waals surface area contributed by atoms with Crippen LogP contribution in [0.1, 0.15) is 12.8 Å². The van der Waals surface area contributed by atoms with E-state index in [1.54, 1.807) is 26.2 Å². The van der Waals surface area contributed by atoms with Crippen molar-refractivity contribution in [3.8, 4) is 0 Å². The molecule has 1 amide bonds. The first-order valence-electron chi connectivity index (χ1n) is 6.04. The molecule has 1 heterocycles. The quantitative estimate of drug-likeness (QED) is 0.693. The van der Waals surface area contributed by atoms with Gasteiger partial charge in [0.1, 0.15) is 12.9 Å². The minimum Gasteiger partial charge on any atom is -0.442 e. The van der Waals surface area contributed by atoms with E-state index in [4.69, 9.17) is 14.2 Å². The van der Waals surface area contributed by atoms with Gasteiger partial charge in [0.2, 0.25) is 0 Å². The zero-order chi connectivity index (χ0) is 13.1. The molecule has 1 fully saturated rings. The number of rotatable bonds is 1. The predicted molar refractivity (Wildman–Crippen MR) is 62.9 cm³/mol. The molecule has 0 spiro atoms. The Hall–Kier alpha value is -1.11. The minimum atomic E-state index is -0.597. The van der Waals surface area contributed by atoms with E-state index >= 15 is 0 Å². The SMILES string of the molecule is CN(C)C(=O)OC1/C=C/C(O)CC2OCOC2C1. The van der Waals surface area contributed by atoms with Crippen molar-refractivity contribution in [2.45, 2.75) is 37.3 Å². The lowest BCUT2D eigenvalue weighted by Gasteiger charge is -2.25. The second-order valence-electron chi connectivity index (χ2n) is 4.77. The molecule has 1 aliphatic heterocycles. The zero-order valence-corrected chi connectivity index (χ0v) is 10.6. The van der Waals surface area contributed by atoms with Crippen LogP contribution in [0.3, 0.4) is 0 Å². The first-order valence-corrected chi connectivity index (χ1v) is 6.04. The van der Waals surface area contributed by atoms with E-state index < -0.39 is 18.3 Å². The number of aliphatic hydroxyl groups excluding tert-OH is 1. The van der Waals surface area contributed by atoms with Crippen LogP contribution in [0, 0.1) is 0 Å². The zero-order valence-electron chi connectivity index (χ0n) is 10.6. The number of aliphatic hydroxyl groups is 1. The summed E-state index contributed by atoms with van der Waals surface area (Å²) in [6.45, 7) is 0.233. The molecule has 18 heavy (non-hydrogen) atoms. The second kappa shape index (κ2) is 5.69. The van der Waals surface area contributed by atoms with Crippen LogP contribution in [-0.4, -0.2) is 61.4 Å². The van der Waals surface area contributed by atoms with Gasteiger partial charge in [0.15, 0.2) is 0 Å². The van der Waals surface area contributed by atoms with Crippen molar-refractivity contribution in [1.82, 2.24) is 4.90 Å². The van der Waals surface area contributed by atoms with Gasteiger partial charge < -0.3 is 24.2 Å². The number of hydrogen-bond acceptors (Lipinski definition) is 5. The Morgan fingerprint density at radius 1 is 1.28 bits per heavy atom. The molecule has 4 unspecified atom stereocenters. The number of hydrogen-bond donors (Lipinski definition) is 1. The van der Waals surface area contributed by atoms with Gasteiger partial charge in [-0.05, 0) is 6.08 Å². The number of fused-ring (bicyclic) bond motifs is 1. The van der Waals surface area contributed by atoms with Crippen LogP contribution >= 0.6 is 0 Å². The molecule has 0 aromatic carbocycles. The Labute approximate surface area is 106 Å². The van der Waals surface area contributed by atoms with Gasteiger partial charge in [-0.15, -0.1) is 0 Å². The molecule has 2 rings (SSSR count). The van der Waals surface area contributed by atoms with Crippen molar-refractivity contribution >= 4 is 6.09 Å². The van der Waals surface area contributed by atoms with Crippen LogP contribution in [0.2, 0.25) is 0 Å². The highest BCUT2D eigenvalue weighted by Gasteiger charge is 2.34. The average Bonchev–Trinajstić information content (AvgIpc) is 2.70. The molecule has 0 saturated carbocycles.